The van der Waals surface area contributed by atoms with Crippen molar-refractivity contribution in [2.24, 2.45) is 5.41 Å². The molecule has 0 bridgehead atoms. The lowest BCUT2D eigenvalue weighted by molar-refractivity contribution is 0.125. The molecule has 0 saturated carbocycles. The van der Waals surface area contributed by atoms with Gasteiger partial charge >= 0.3 is 0 Å². The van der Waals surface area contributed by atoms with Crippen molar-refractivity contribution >= 4 is 17.1 Å². The molecule has 1 nitrogen and oxygen atoms in total. The molecule has 0 N–H and O–H groups in total. The highest BCUT2D eigenvalue weighted by Crippen LogP contribution is 2.67. The van der Waals surface area contributed by atoms with E-state index in [2.05, 4.69) is 186 Å². The molecule has 2 aliphatic carbocycles. The van der Waals surface area contributed by atoms with Crippen LogP contribution in [0.25, 0.3) is 22.3 Å². The SMILES string of the molecule is CC1(C)c2cc3c(cc2C(C)(C)C1(C)C)C1(c2ccccc2-c2ccccc21)c1ccccc1N3c1ccc(-c2ccccc2)cc1. The third-order valence-electron chi connectivity index (χ3n) is 13.0. The molecule has 3 aliphatic rings. The highest BCUT2D eigenvalue weighted by molar-refractivity contribution is 5.96. The van der Waals surface area contributed by atoms with Crippen LogP contribution in [0.3, 0.4) is 0 Å². The minimum absolute atomic E-state index is 0.0146. The Bertz CT molecular complexity index is 2170. The topological polar surface area (TPSA) is 3.24 Å². The Balaban J connectivity index is 1.40. The normalized spacial score (nSPS) is 18.2. The Hall–Kier alpha value is -4.88. The van der Waals surface area contributed by atoms with E-state index in [1.54, 1.807) is 0 Å². The van der Waals surface area contributed by atoms with Gasteiger partial charge in [-0.15, -0.1) is 0 Å². The van der Waals surface area contributed by atoms with Gasteiger partial charge in [-0.25, -0.2) is 0 Å². The van der Waals surface area contributed by atoms with Gasteiger partial charge in [-0.2, -0.15) is 0 Å². The zero-order chi connectivity index (χ0) is 32.3. The highest BCUT2D eigenvalue weighted by Gasteiger charge is 2.59. The van der Waals surface area contributed by atoms with E-state index in [-0.39, 0.29) is 16.2 Å². The second-order valence-electron chi connectivity index (χ2n) is 15.4. The minimum Gasteiger partial charge on any atom is -0.310 e. The van der Waals surface area contributed by atoms with Crippen LogP contribution in [-0.4, -0.2) is 0 Å². The van der Waals surface area contributed by atoms with Gasteiger partial charge in [0.1, 0.15) is 0 Å². The van der Waals surface area contributed by atoms with Crippen molar-refractivity contribution in [3.8, 4) is 22.3 Å². The molecular weight excluding hydrogens is 567 g/mol. The lowest BCUT2D eigenvalue weighted by Gasteiger charge is -2.46. The van der Waals surface area contributed by atoms with Gasteiger partial charge in [-0.05, 0) is 96.1 Å². The largest absolute Gasteiger partial charge is 0.310 e. The fraction of sp³-hybridized carbons (Fsp3) is 0.217. The molecule has 0 amide bonds. The summed E-state index contributed by atoms with van der Waals surface area (Å²) in [5, 5.41) is 0. The first-order valence-corrected chi connectivity index (χ1v) is 17.0. The van der Waals surface area contributed by atoms with Gasteiger partial charge in [0.25, 0.3) is 0 Å². The Morgan fingerprint density at radius 2 is 0.872 bits per heavy atom. The monoisotopic (exact) mass is 607 g/mol. The lowest BCUT2D eigenvalue weighted by Crippen LogP contribution is -2.42. The van der Waals surface area contributed by atoms with Gasteiger partial charge in [-0.1, -0.05) is 157 Å². The average Bonchev–Trinajstić information content (AvgIpc) is 3.44. The summed E-state index contributed by atoms with van der Waals surface area (Å²) in [6, 6.07) is 52.5. The molecule has 0 fully saturated rings. The van der Waals surface area contributed by atoms with E-state index in [0.717, 1.165) is 0 Å². The second kappa shape index (κ2) is 9.35. The zero-order valence-electron chi connectivity index (χ0n) is 28.2. The summed E-state index contributed by atoms with van der Waals surface area (Å²) in [4.78, 5) is 2.54. The summed E-state index contributed by atoms with van der Waals surface area (Å²) in [6.45, 7) is 14.8. The maximum absolute atomic E-state index is 2.63. The quantitative estimate of drug-likeness (QED) is 0.189. The smallest absolute Gasteiger partial charge is 0.0754 e. The first kappa shape index (κ1) is 28.4. The fourth-order valence-corrected chi connectivity index (χ4v) is 9.35. The lowest BCUT2D eigenvalue weighted by atomic mass is 9.59. The van der Waals surface area contributed by atoms with Gasteiger partial charge in [0, 0.05) is 5.69 Å². The zero-order valence-corrected chi connectivity index (χ0v) is 28.2. The highest BCUT2D eigenvalue weighted by atomic mass is 15.2. The molecule has 1 heterocycles. The molecule has 9 rings (SSSR count). The number of hydrogen-bond acceptors (Lipinski definition) is 1. The van der Waals surface area contributed by atoms with Crippen molar-refractivity contribution in [1.82, 2.24) is 0 Å². The number of hydrogen-bond donors (Lipinski definition) is 0. The fourth-order valence-electron chi connectivity index (χ4n) is 9.35. The number of fused-ring (bicyclic) bond motifs is 10. The van der Waals surface area contributed by atoms with E-state index in [9.17, 15) is 0 Å². The number of anilines is 3. The summed E-state index contributed by atoms with van der Waals surface area (Å²) in [5.74, 6) is 0. The second-order valence-corrected chi connectivity index (χ2v) is 15.4. The molecular formula is C46H41N. The first-order chi connectivity index (χ1) is 22.6. The Labute approximate surface area is 279 Å². The Morgan fingerprint density at radius 1 is 0.383 bits per heavy atom. The van der Waals surface area contributed by atoms with Crippen LogP contribution >= 0.6 is 0 Å². The summed E-state index contributed by atoms with van der Waals surface area (Å²) >= 11 is 0. The maximum Gasteiger partial charge on any atom is 0.0754 e. The van der Waals surface area contributed by atoms with Crippen LogP contribution in [0.5, 0.6) is 0 Å². The van der Waals surface area contributed by atoms with E-state index in [1.807, 2.05) is 0 Å². The molecule has 6 aromatic carbocycles. The Morgan fingerprint density at radius 3 is 1.49 bits per heavy atom. The molecule has 230 valence electrons. The number of benzene rings is 6. The third kappa shape index (κ3) is 3.40. The molecule has 0 atom stereocenters. The van der Waals surface area contributed by atoms with Crippen LogP contribution in [0.15, 0.2) is 140 Å². The average molecular weight is 608 g/mol. The van der Waals surface area contributed by atoms with Crippen LogP contribution in [0, 0.1) is 5.41 Å². The van der Waals surface area contributed by atoms with E-state index >= 15 is 0 Å². The van der Waals surface area contributed by atoms with E-state index in [1.165, 1.54) is 72.7 Å². The van der Waals surface area contributed by atoms with Crippen LogP contribution in [0.2, 0.25) is 0 Å². The minimum atomic E-state index is -0.429. The van der Waals surface area contributed by atoms with Crippen molar-refractivity contribution in [3.63, 3.8) is 0 Å². The summed E-state index contributed by atoms with van der Waals surface area (Å²) in [6.07, 6.45) is 0. The number of nitrogens with zero attached hydrogens (tertiary/aromatic N) is 1. The van der Waals surface area contributed by atoms with Crippen molar-refractivity contribution in [3.05, 3.63) is 173 Å². The van der Waals surface area contributed by atoms with Crippen LogP contribution in [0.1, 0.15) is 74.9 Å². The van der Waals surface area contributed by atoms with Crippen LogP contribution in [0.4, 0.5) is 17.1 Å². The van der Waals surface area contributed by atoms with Crippen molar-refractivity contribution in [2.75, 3.05) is 4.90 Å². The molecule has 6 aromatic rings. The molecule has 0 unspecified atom stereocenters. The van der Waals surface area contributed by atoms with Crippen molar-refractivity contribution in [2.45, 2.75) is 57.8 Å². The van der Waals surface area contributed by atoms with E-state index in [0.29, 0.717) is 0 Å². The summed E-state index contributed by atoms with van der Waals surface area (Å²) in [5.41, 5.74) is 16.9. The predicted octanol–water partition coefficient (Wildman–Crippen LogP) is 12.1. The van der Waals surface area contributed by atoms with Gasteiger partial charge in [-0.3, -0.25) is 0 Å². The maximum atomic E-state index is 2.63. The molecule has 47 heavy (non-hydrogen) atoms. The molecule has 1 spiro atoms. The summed E-state index contributed by atoms with van der Waals surface area (Å²) in [7, 11) is 0. The number of para-hydroxylation sites is 1. The third-order valence-corrected chi connectivity index (χ3v) is 13.0. The van der Waals surface area contributed by atoms with Gasteiger partial charge in [0.2, 0.25) is 0 Å². The van der Waals surface area contributed by atoms with Gasteiger partial charge in [0.05, 0.1) is 16.8 Å². The van der Waals surface area contributed by atoms with Gasteiger partial charge < -0.3 is 4.90 Å². The number of rotatable bonds is 2. The van der Waals surface area contributed by atoms with E-state index in [4.69, 9.17) is 0 Å². The van der Waals surface area contributed by atoms with Crippen molar-refractivity contribution in [1.29, 1.82) is 0 Å². The van der Waals surface area contributed by atoms with E-state index < -0.39 is 5.41 Å². The first-order valence-electron chi connectivity index (χ1n) is 17.0. The standard InChI is InChI=1S/C46H41N/c1-43(2)38-28-40-42(29-39(38)44(3,4)45(43,5)6)47(32-26-24-31(25-27-32)30-16-8-7-9-17-30)41-23-15-14-22-37(41)46(40)35-20-12-10-18-33(35)34-19-11-13-21-36(34)46/h7-29H,1-6H3. The predicted molar refractivity (Wildman–Crippen MR) is 197 cm³/mol. The van der Waals surface area contributed by atoms with Crippen LogP contribution in [-0.2, 0) is 16.2 Å². The Kier molecular flexibility index (Phi) is 5.64. The summed E-state index contributed by atoms with van der Waals surface area (Å²) < 4.78 is 0. The molecule has 0 saturated heterocycles. The van der Waals surface area contributed by atoms with Gasteiger partial charge in [0.15, 0.2) is 0 Å². The molecule has 1 aliphatic heterocycles. The van der Waals surface area contributed by atoms with Crippen molar-refractivity contribution < 1.29 is 0 Å². The molecule has 0 radical (unpaired) electrons. The molecule has 0 aromatic heterocycles. The van der Waals surface area contributed by atoms with Crippen LogP contribution < -0.4 is 4.90 Å². The molecule has 1 heteroatoms.